The first kappa shape index (κ1) is 11.4. The predicted octanol–water partition coefficient (Wildman–Crippen LogP) is 4.53. The fourth-order valence-corrected chi connectivity index (χ4v) is 2.53. The molecular formula is C14H9ClN2S. The summed E-state index contributed by atoms with van der Waals surface area (Å²) in [5.74, 6) is 0.677. The summed E-state index contributed by atoms with van der Waals surface area (Å²) < 4.78 is 0. The Morgan fingerprint density at radius 1 is 0.944 bits per heavy atom. The molecule has 0 saturated heterocycles. The molecule has 0 bridgehead atoms. The van der Waals surface area contributed by atoms with Crippen LogP contribution in [0.3, 0.4) is 0 Å². The zero-order valence-corrected chi connectivity index (χ0v) is 10.9. The molecule has 18 heavy (non-hydrogen) atoms. The van der Waals surface area contributed by atoms with E-state index in [1.165, 1.54) is 0 Å². The van der Waals surface area contributed by atoms with Crippen LogP contribution in [-0.2, 0) is 0 Å². The zero-order valence-electron chi connectivity index (χ0n) is 9.38. The van der Waals surface area contributed by atoms with Crippen molar-refractivity contribution < 1.29 is 0 Å². The third-order valence-corrected chi connectivity index (χ3v) is 3.57. The van der Waals surface area contributed by atoms with Gasteiger partial charge in [-0.15, -0.1) is 11.3 Å². The quantitative estimate of drug-likeness (QED) is 0.641. The van der Waals surface area contributed by atoms with Crippen LogP contribution in [0.2, 0.25) is 5.15 Å². The minimum atomic E-state index is 0.465. The molecule has 0 N–H and O–H groups in total. The number of benzene rings is 1. The van der Waals surface area contributed by atoms with Gasteiger partial charge in [0, 0.05) is 11.6 Å². The smallest absolute Gasteiger partial charge is 0.171 e. The van der Waals surface area contributed by atoms with Crippen molar-refractivity contribution in [2.24, 2.45) is 0 Å². The normalized spacial score (nSPS) is 10.5. The summed E-state index contributed by atoms with van der Waals surface area (Å²) >= 11 is 7.68. The second-order valence-corrected chi connectivity index (χ2v) is 5.08. The van der Waals surface area contributed by atoms with Crippen molar-refractivity contribution in [2.45, 2.75) is 0 Å². The van der Waals surface area contributed by atoms with E-state index in [4.69, 9.17) is 11.6 Å². The summed E-state index contributed by atoms with van der Waals surface area (Å²) in [6, 6.07) is 15.7. The standard InChI is InChI=1S/C14H9ClN2S/c15-13-9-11(10-5-2-1-3-6-10)16-14(17-13)12-7-4-8-18-12/h1-9H. The molecule has 0 atom stereocenters. The maximum Gasteiger partial charge on any atom is 0.171 e. The molecule has 3 rings (SSSR count). The monoisotopic (exact) mass is 272 g/mol. The van der Waals surface area contributed by atoms with E-state index < -0.39 is 0 Å². The average Bonchev–Trinajstić information content (AvgIpc) is 2.93. The molecule has 0 spiro atoms. The van der Waals surface area contributed by atoms with Crippen molar-refractivity contribution in [3.8, 4) is 22.0 Å². The molecule has 0 amide bonds. The van der Waals surface area contributed by atoms with E-state index in [0.717, 1.165) is 16.1 Å². The third-order valence-electron chi connectivity index (χ3n) is 2.51. The molecule has 0 aliphatic heterocycles. The number of nitrogens with zero attached hydrogens (tertiary/aromatic N) is 2. The zero-order chi connectivity index (χ0) is 12.4. The summed E-state index contributed by atoms with van der Waals surface area (Å²) in [7, 11) is 0. The molecule has 4 heteroatoms. The molecule has 1 aromatic carbocycles. The number of aromatic nitrogens is 2. The van der Waals surface area contributed by atoms with Crippen molar-refractivity contribution in [1.29, 1.82) is 0 Å². The van der Waals surface area contributed by atoms with Crippen LogP contribution in [0, 0.1) is 0 Å². The third kappa shape index (κ3) is 2.28. The van der Waals surface area contributed by atoms with Gasteiger partial charge >= 0.3 is 0 Å². The van der Waals surface area contributed by atoms with E-state index in [2.05, 4.69) is 9.97 Å². The first-order valence-corrected chi connectivity index (χ1v) is 6.72. The van der Waals surface area contributed by atoms with Crippen molar-refractivity contribution in [3.05, 3.63) is 59.1 Å². The van der Waals surface area contributed by atoms with Crippen LogP contribution < -0.4 is 0 Å². The number of hydrogen-bond donors (Lipinski definition) is 0. The summed E-state index contributed by atoms with van der Waals surface area (Å²) in [6.07, 6.45) is 0. The van der Waals surface area contributed by atoms with Gasteiger partial charge in [0.1, 0.15) is 5.15 Å². The minimum absolute atomic E-state index is 0.465. The van der Waals surface area contributed by atoms with Crippen LogP contribution in [0.1, 0.15) is 0 Å². The molecule has 2 heterocycles. The maximum absolute atomic E-state index is 6.07. The molecule has 0 fully saturated rings. The Morgan fingerprint density at radius 3 is 2.50 bits per heavy atom. The van der Waals surface area contributed by atoms with Crippen LogP contribution in [0.15, 0.2) is 53.9 Å². The fraction of sp³-hybridized carbons (Fsp3) is 0. The molecule has 0 aliphatic rings. The van der Waals surface area contributed by atoms with Gasteiger partial charge in [0.2, 0.25) is 0 Å². The number of thiophene rings is 1. The van der Waals surface area contributed by atoms with Gasteiger partial charge in [-0.2, -0.15) is 0 Å². The van der Waals surface area contributed by atoms with Crippen LogP contribution in [0.5, 0.6) is 0 Å². The highest BCUT2D eigenvalue weighted by Gasteiger charge is 2.07. The van der Waals surface area contributed by atoms with Crippen LogP contribution >= 0.6 is 22.9 Å². The van der Waals surface area contributed by atoms with Crippen LogP contribution in [-0.4, -0.2) is 9.97 Å². The number of halogens is 1. The Morgan fingerprint density at radius 2 is 1.78 bits per heavy atom. The fourth-order valence-electron chi connectivity index (χ4n) is 1.69. The lowest BCUT2D eigenvalue weighted by atomic mass is 10.1. The average molecular weight is 273 g/mol. The molecule has 0 unspecified atom stereocenters. The van der Waals surface area contributed by atoms with Crippen LogP contribution in [0.4, 0.5) is 0 Å². The van der Waals surface area contributed by atoms with Gasteiger partial charge in [0.15, 0.2) is 5.82 Å². The lowest BCUT2D eigenvalue weighted by Gasteiger charge is -2.03. The van der Waals surface area contributed by atoms with E-state index in [9.17, 15) is 0 Å². The topological polar surface area (TPSA) is 25.8 Å². The van der Waals surface area contributed by atoms with E-state index in [1.807, 2.05) is 47.8 Å². The van der Waals surface area contributed by atoms with Gasteiger partial charge in [-0.25, -0.2) is 9.97 Å². The minimum Gasteiger partial charge on any atom is -0.227 e. The van der Waals surface area contributed by atoms with Crippen LogP contribution in [0.25, 0.3) is 22.0 Å². The van der Waals surface area contributed by atoms with Gasteiger partial charge in [0.25, 0.3) is 0 Å². The molecule has 2 nitrogen and oxygen atoms in total. The molecule has 88 valence electrons. The van der Waals surface area contributed by atoms with Gasteiger partial charge in [-0.05, 0) is 11.4 Å². The van der Waals surface area contributed by atoms with E-state index in [0.29, 0.717) is 11.0 Å². The molecule has 0 aliphatic carbocycles. The summed E-state index contributed by atoms with van der Waals surface area (Å²) in [6.45, 7) is 0. The van der Waals surface area contributed by atoms with Crippen molar-refractivity contribution >= 4 is 22.9 Å². The first-order chi connectivity index (χ1) is 8.83. The Hall–Kier alpha value is -1.71. The molecule has 3 aromatic rings. The Labute approximate surface area is 114 Å². The van der Waals surface area contributed by atoms with Gasteiger partial charge in [0.05, 0.1) is 10.6 Å². The Kier molecular flexibility index (Phi) is 3.09. The molecule has 2 aromatic heterocycles. The predicted molar refractivity (Wildman–Crippen MR) is 75.8 cm³/mol. The first-order valence-electron chi connectivity index (χ1n) is 5.47. The number of hydrogen-bond acceptors (Lipinski definition) is 3. The maximum atomic E-state index is 6.07. The van der Waals surface area contributed by atoms with Crippen molar-refractivity contribution in [1.82, 2.24) is 9.97 Å². The van der Waals surface area contributed by atoms with E-state index >= 15 is 0 Å². The van der Waals surface area contributed by atoms with Gasteiger partial charge in [-0.1, -0.05) is 48.0 Å². The highest BCUT2D eigenvalue weighted by molar-refractivity contribution is 7.13. The van der Waals surface area contributed by atoms with Crippen molar-refractivity contribution in [3.63, 3.8) is 0 Å². The SMILES string of the molecule is Clc1cc(-c2ccccc2)nc(-c2cccs2)n1. The van der Waals surface area contributed by atoms with E-state index in [1.54, 1.807) is 17.4 Å². The second-order valence-electron chi connectivity index (χ2n) is 3.74. The van der Waals surface area contributed by atoms with Crippen molar-refractivity contribution in [2.75, 3.05) is 0 Å². The summed E-state index contributed by atoms with van der Waals surface area (Å²) in [5, 5.41) is 2.47. The highest BCUT2D eigenvalue weighted by atomic mass is 35.5. The van der Waals surface area contributed by atoms with Gasteiger partial charge < -0.3 is 0 Å². The van der Waals surface area contributed by atoms with E-state index in [-0.39, 0.29) is 0 Å². The lowest BCUT2D eigenvalue weighted by molar-refractivity contribution is 1.19. The second kappa shape index (κ2) is 4.88. The molecule has 0 radical (unpaired) electrons. The summed E-state index contributed by atoms with van der Waals surface area (Å²) in [4.78, 5) is 9.85. The molecule has 0 saturated carbocycles. The largest absolute Gasteiger partial charge is 0.227 e. The lowest BCUT2D eigenvalue weighted by Crippen LogP contribution is -1.91. The highest BCUT2D eigenvalue weighted by Crippen LogP contribution is 2.26. The Bertz CT molecular complexity index is 651. The van der Waals surface area contributed by atoms with Gasteiger partial charge in [-0.3, -0.25) is 0 Å². The number of rotatable bonds is 2. The Balaban J connectivity index is 2.12. The molecular weight excluding hydrogens is 264 g/mol. The summed E-state index contributed by atoms with van der Waals surface area (Å²) in [5.41, 5.74) is 1.89.